The zero-order chi connectivity index (χ0) is 18.7. The number of hydrogen-bond donors (Lipinski definition) is 1. The van der Waals surface area contributed by atoms with Crippen molar-refractivity contribution in [1.82, 2.24) is 19.7 Å². The first-order chi connectivity index (χ1) is 12.4. The summed E-state index contributed by atoms with van der Waals surface area (Å²) in [5.74, 6) is 0.813. The van der Waals surface area contributed by atoms with Crippen molar-refractivity contribution >= 4 is 22.4 Å². The second-order valence-corrected chi connectivity index (χ2v) is 7.29. The molecule has 0 radical (unpaired) electrons. The van der Waals surface area contributed by atoms with Crippen LogP contribution in [0.5, 0.6) is 0 Å². The van der Waals surface area contributed by atoms with Crippen molar-refractivity contribution < 1.29 is 9.18 Å². The Hall–Kier alpha value is -2.61. The summed E-state index contributed by atoms with van der Waals surface area (Å²) >= 11 is 1.35. The Morgan fingerprint density at radius 2 is 2.12 bits per heavy atom. The topological polar surface area (TPSA) is 72.7 Å². The monoisotopic (exact) mass is 373 g/mol. The van der Waals surface area contributed by atoms with Gasteiger partial charge in [0.05, 0.1) is 12.5 Å². The summed E-state index contributed by atoms with van der Waals surface area (Å²) < 4.78 is 15.5. The van der Waals surface area contributed by atoms with E-state index < -0.39 is 0 Å². The number of hydrogen-bond acceptors (Lipinski definition) is 5. The van der Waals surface area contributed by atoms with Gasteiger partial charge in [0.1, 0.15) is 17.5 Å². The van der Waals surface area contributed by atoms with Crippen molar-refractivity contribution in [2.75, 3.05) is 5.32 Å². The number of aryl methyl sites for hydroxylation is 2. The summed E-state index contributed by atoms with van der Waals surface area (Å²) in [4.78, 5) is 21.7. The van der Waals surface area contributed by atoms with Gasteiger partial charge in [-0.2, -0.15) is 5.10 Å². The maximum Gasteiger partial charge on any atom is 0.230 e. The molecule has 1 unspecified atom stereocenters. The average Bonchev–Trinajstić information content (AvgIpc) is 3.15. The molecule has 3 aromatic rings. The van der Waals surface area contributed by atoms with E-state index in [0.717, 1.165) is 10.7 Å². The Bertz CT molecular complexity index is 920. The van der Waals surface area contributed by atoms with Gasteiger partial charge in [-0.15, -0.1) is 11.3 Å². The number of carbonyl (C=O) groups excluding carboxylic acids is 1. The van der Waals surface area contributed by atoms with Crippen LogP contribution >= 0.6 is 11.3 Å². The summed E-state index contributed by atoms with van der Waals surface area (Å²) in [6, 6.07) is 6.65. The zero-order valence-electron chi connectivity index (χ0n) is 14.9. The van der Waals surface area contributed by atoms with Gasteiger partial charge in [0.25, 0.3) is 0 Å². The fourth-order valence-corrected chi connectivity index (χ4v) is 3.42. The molecule has 0 saturated heterocycles. The molecule has 1 amide bonds. The van der Waals surface area contributed by atoms with Crippen LogP contribution in [-0.2, 0) is 17.8 Å². The van der Waals surface area contributed by atoms with Gasteiger partial charge in [0.15, 0.2) is 5.13 Å². The predicted octanol–water partition coefficient (Wildman–Crippen LogP) is 3.36. The van der Waals surface area contributed by atoms with Crippen LogP contribution in [0.4, 0.5) is 9.52 Å². The third kappa shape index (κ3) is 4.32. The summed E-state index contributed by atoms with van der Waals surface area (Å²) in [7, 11) is 0. The first kappa shape index (κ1) is 18.2. The molecule has 3 rings (SSSR count). The Morgan fingerprint density at radius 3 is 2.81 bits per heavy atom. The molecule has 0 saturated carbocycles. The first-order valence-electron chi connectivity index (χ1n) is 8.29. The van der Waals surface area contributed by atoms with Crippen LogP contribution in [0.3, 0.4) is 0 Å². The maximum absolute atomic E-state index is 13.7. The minimum Gasteiger partial charge on any atom is -0.302 e. The van der Waals surface area contributed by atoms with Crippen molar-refractivity contribution in [2.24, 2.45) is 5.92 Å². The van der Waals surface area contributed by atoms with Crippen LogP contribution in [0.15, 0.2) is 30.5 Å². The minimum absolute atomic E-state index is 0.135. The average molecular weight is 373 g/mol. The van der Waals surface area contributed by atoms with E-state index in [1.165, 1.54) is 17.4 Å². The van der Waals surface area contributed by atoms with Crippen LogP contribution < -0.4 is 5.32 Å². The highest BCUT2D eigenvalue weighted by Gasteiger charge is 2.17. The lowest BCUT2D eigenvalue weighted by Crippen LogP contribution is -2.25. The Balaban J connectivity index is 1.60. The third-order valence-corrected chi connectivity index (χ3v) is 4.88. The van der Waals surface area contributed by atoms with E-state index in [4.69, 9.17) is 0 Å². The van der Waals surface area contributed by atoms with E-state index in [2.05, 4.69) is 20.4 Å². The molecule has 136 valence electrons. The van der Waals surface area contributed by atoms with Gasteiger partial charge in [0, 0.05) is 17.5 Å². The van der Waals surface area contributed by atoms with Crippen LogP contribution in [0.25, 0.3) is 0 Å². The predicted molar refractivity (Wildman–Crippen MR) is 98.6 cm³/mol. The highest BCUT2D eigenvalue weighted by Crippen LogP contribution is 2.23. The number of benzene rings is 1. The zero-order valence-corrected chi connectivity index (χ0v) is 15.7. The number of rotatable bonds is 6. The van der Waals surface area contributed by atoms with Gasteiger partial charge in [-0.1, -0.05) is 25.1 Å². The molecule has 1 N–H and O–H groups in total. The number of nitrogens with zero attached hydrogens (tertiary/aromatic N) is 4. The second-order valence-electron chi connectivity index (χ2n) is 6.18. The van der Waals surface area contributed by atoms with Crippen molar-refractivity contribution in [3.05, 3.63) is 58.4 Å². The molecule has 0 aliphatic rings. The maximum atomic E-state index is 13.7. The van der Waals surface area contributed by atoms with E-state index in [1.54, 1.807) is 29.1 Å². The first-order valence-corrected chi connectivity index (χ1v) is 9.11. The molecular formula is C18H20FN5OS. The lowest BCUT2D eigenvalue weighted by Gasteiger charge is -2.11. The molecule has 0 aliphatic carbocycles. The van der Waals surface area contributed by atoms with Gasteiger partial charge < -0.3 is 5.32 Å². The molecule has 0 spiro atoms. The molecule has 1 aromatic carbocycles. The molecule has 0 fully saturated rings. The molecule has 2 aromatic heterocycles. The SMILES string of the molecule is Cc1nc(C)n(CC(C)C(=O)Nc2ncc(Cc3ccccc3F)s2)n1. The van der Waals surface area contributed by atoms with Crippen molar-refractivity contribution in [1.29, 1.82) is 0 Å². The lowest BCUT2D eigenvalue weighted by atomic mass is 10.1. The molecule has 0 aliphatic heterocycles. The lowest BCUT2D eigenvalue weighted by molar-refractivity contribution is -0.119. The van der Waals surface area contributed by atoms with Gasteiger partial charge in [0.2, 0.25) is 5.91 Å². The normalized spacial score (nSPS) is 12.2. The minimum atomic E-state index is -0.284. The number of anilines is 1. The second kappa shape index (κ2) is 7.74. The highest BCUT2D eigenvalue weighted by molar-refractivity contribution is 7.15. The standard InChI is InChI=1S/C18H20FN5OS/c1-11(10-24-13(3)21-12(2)23-24)17(25)22-18-20-9-15(26-18)8-14-6-4-5-7-16(14)19/h4-7,9,11H,8,10H2,1-3H3,(H,20,22,25). The van der Waals surface area contributed by atoms with Crippen LogP contribution in [0, 0.1) is 25.6 Å². The quantitative estimate of drug-likeness (QED) is 0.719. The van der Waals surface area contributed by atoms with E-state index in [0.29, 0.717) is 29.5 Å². The Morgan fingerprint density at radius 1 is 1.35 bits per heavy atom. The molecular weight excluding hydrogens is 353 g/mol. The number of thiazole rings is 1. The van der Waals surface area contributed by atoms with Crippen molar-refractivity contribution in [3.8, 4) is 0 Å². The fourth-order valence-electron chi connectivity index (χ4n) is 2.58. The third-order valence-electron chi connectivity index (χ3n) is 3.96. The molecule has 2 heterocycles. The molecule has 1 atom stereocenters. The number of aromatic nitrogens is 4. The summed E-state index contributed by atoms with van der Waals surface area (Å²) in [6.07, 6.45) is 2.12. The number of nitrogens with one attached hydrogen (secondary N) is 1. The van der Waals surface area contributed by atoms with Gasteiger partial charge in [-0.3, -0.25) is 4.79 Å². The Kier molecular flexibility index (Phi) is 5.41. The molecule has 0 bridgehead atoms. The van der Waals surface area contributed by atoms with E-state index in [-0.39, 0.29) is 17.6 Å². The molecule has 6 nitrogen and oxygen atoms in total. The Labute approximate surface area is 155 Å². The number of halogens is 1. The van der Waals surface area contributed by atoms with Crippen molar-refractivity contribution in [2.45, 2.75) is 33.7 Å². The number of amides is 1. The van der Waals surface area contributed by atoms with E-state index >= 15 is 0 Å². The van der Waals surface area contributed by atoms with Crippen LogP contribution in [0.1, 0.15) is 29.0 Å². The van der Waals surface area contributed by atoms with Gasteiger partial charge in [-0.05, 0) is 25.5 Å². The largest absolute Gasteiger partial charge is 0.302 e. The number of carbonyl (C=O) groups is 1. The van der Waals surface area contributed by atoms with Gasteiger partial charge >= 0.3 is 0 Å². The van der Waals surface area contributed by atoms with E-state index in [9.17, 15) is 9.18 Å². The van der Waals surface area contributed by atoms with Crippen LogP contribution in [-0.4, -0.2) is 25.7 Å². The van der Waals surface area contributed by atoms with E-state index in [1.807, 2.05) is 20.8 Å². The van der Waals surface area contributed by atoms with Crippen LogP contribution in [0.2, 0.25) is 0 Å². The highest BCUT2D eigenvalue weighted by atomic mass is 32.1. The molecule has 26 heavy (non-hydrogen) atoms. The summed E-state index contributed by atoms with van der Waals surface area (Å²) in [5.41, 5.74) is 0.611. The fraction of sp³-hybridized carbons (Fsp3) is 0.333. The van der Waals surface area contributed by atoms with Gasteiger partial charge in [-0.25, -0.2) is 19.0 Å². The molecule has 8 heteroatoms. The smallest absolute Gasteiger partial charge is 0.230 e. The van der Waals surface area contributed by atoms with Crippen molar-refractivity contribution in [3.63, 3.8) is 0 Å². The summed E-state index contributed by atoms with van der Waals surface area (Å²) in [6.45, 7) is 5.97. The summed E-state index contributed by atoms with van der Waals surface area (Å²) in [5, 5.41) is 7.61.